The van der Waals surface area contributed by atoms with Gasteiger partial charge in [-0.25, -0.2) is 9.59 Å². The predicted octanol–water partition coefficient (Wildman–Crippen LogP) is 0.684. The molecule has 0 aromatic carbocycles. The minimum atomic E-state index is -0.907. The van der Waals surface area contributed by atoms with Gasteiger partial charge in [0, 0.05) is 0 Å². The van der Waals surface area contributed by atoms with Crippen LogP contribution in [-0.4, -0.2) is 69.0 Å². The Morgan fingerprint density at radius 2 is 1.78 bits per heavy atom. The van der Waals surface area contributed by atoms with Crippen LogP contribution >= 0.6 is 11.8 Å². The fraction of sp³-hybridized carbons (Fsp3) is 0.615. The fourth-order valence-electron chi connectivity index (χ4n) is 1.38. The maximum absolute atomic E-state index is 11.5. The molecule has 1 fully saturated rings. The molecule has 0 aliphatic carbocycles. The molecule has 0 bridgehead atoms. The van der Waals surface area contributed by atoms with E-state index in [2.05, 4.69) is 21.4 Å². The topological polar surface area (TPSA) is 109 Å². The van der Waals surface area contributed by atoms with Gasteiger partial charge >= 0.3 is 11.5 Å². The number of hydrogen-bond donors (Lipinski definition) is 1. The van der Waals surface area contributed by atoms with E-state index in [0.29, 0.717) is 13.2 Å². The summed E-state index contributed by atoms with van der Waals surface area (Å²) in [6.07, 6.45) is 0.201. The number of amides is 1. The minimum Gasteiger partial charge on any atom is -0.454 e. The second kappa shape index (κ2) is 11.7. The van der Waals surface area contributed by atoms with Crippen LogP contribution in [0.2, 0.25) is 0 Å². The highest BCUT2D eigenvalue weighted by atomic mass is 32.2. The van der Waals surface area contributed by atoms with E-state index in [1.807, 2.05) is 0 Å². The summed E-state index contributed by atoms with van der Waals surface area (Å²) in [4.78, 5) is 33.4. The summed E-state index contributed by atoms with van der Waals surface area (Å²) in [5.74, 6) is -0.361. The van der Waals surface area contributed by atoms with Gasteiger partial charge in [-0.05, 0) is 17.8 Å². The van der Waals surface area contributed by atoms with E-state index < -0.39 is 11.5 Å². The molecule has 0 spiro atoms. The SMILES string of the molecule is C=CC(=O)NCCOC(=O)OCCOC(=O)SC1COCOC1. The molecule has 10 heteroatoms. The van der Waals surface area contributed by atoms with Gasteiger partial charge in [-0.1, -0.05) is 6.58 Å². The molecule has 0 atom stereocenters. The van der Waals surface area contributed by atoms with Gasteiger partial charge in [-0.3, -0.25) is 4.79 Å². The molecule has 130 valence electrons. The van der Waals surface area contributed by atoms with E-state index >= 15 is 0 Å². The van der Waals surface area contributed by atoms with Gasteiger partial charge in [0.25, 0.3) is 0 Å². The van der Waals surface area contributed by atoms with Crippen molar-refractivity contribution in [3.05, 3.63) is 12.7 Å². The molecule has 1 amide bonds. The summed E-state index contributed by atoms with van der Waals surface area (Å²) >= 11 is 0.970. The normalized spacial score (nSPS) is 14.6. The predicted molar refractivity (Wildman–Crippen MR) is 80.0 cm³/mol. The molecule has 1 N–H and O–H groups in total. The highest BCUT2D eigenvalue weighted by molar-refractivity contribution is 8.13. The number of carbonyl (C=O) groups is 3. The van der Waals surface area contributed by atoms with Crippen molar-refractivity contribution in [2.75, 3.05) is 46.4 Å². The summed E-state index contributed by atoms with van der Waals surface area (Å²) < 4.78 is 24.3. The minimum absolute atomic E-state index is 0.0320. The second-order valence-electron chi connectivity index (χ2n) is 4.14. The van der Waals surface area contributed by atoms with Gasteiger partial charge < -0.3 is 29.0 Å². The van der Waals surface area contributed by atoms with E-state index in [1.165, 1.54) is 0 Å². The summed E-state index contributed by atoms with van der Waals surface area (Å²) in [5.41, 5.74) is 0. The molecule has 23 heavy (non-hydrogen) atoms. The van der Waals surface area contributed by atoms with E-state index in [4.69, 9.17) is 14.2 Å². The Labute approximate surface area is 137 Å². The van der Waals surface area contributed by atoms with Crippen LogP contribution in [0.15, 0.2) is 12.7 Å². The van der Waals surface area contributed by atoms with E-state index in [0.717, 1.165) is 17.8 Å². The van der Waals surface area contributed by atoms with Crippen molar-refractivity contribution in [1.82, 2.24) is 5.32 Å². The number of ether oxygens (including phenoxy) is 5. The van der Waals surface area contributed by atoms with Crippen molar-refractivity contribution in [2.24, 2.45) is 0 Å². The number of rotatable bonds is 8. The van der Waals surface area contributed by atoms with E-state index in [9.17, 15) is 14.4 Å². The van der Waals surface area contributed by atoms with Crippen LogP contribution in [0, 0.1) is 0 Å². The van der Waals surface area contributed by atoms with Crippen LogP contribution in [-0.2, 0) is 28.5 Å². The monoisotopic (exact) mass is 349 g/mol. The Morgan fingerprint density at radius 3 is 2.48 bits per heavy atom. The lowest BCUT2D eigenvalue weighted by Crippen LogP contribution is -2.28. The van der Waals surface area contributed by atoms with Gasteiger partial charge in [0.15, 0.2) is 0 Å². The van der Waals surface area contributed by atoms with Crippen LogP contribution in [0.5, 0.6) is 0 Å². The molecule has 1 aliphatic rings. The lowest BCUT2D eigenvalue weighted by molar-refractivity contribution is -0.116. The number of carbonyl (C=O) groups excluding carboxylic acids is 3. The Kier molecular flexibility index (Phi) is 9.84. The van der Waals surface area contributed by atoms with Crippen LogP contribution in [0.25, 0.3) is 0 Å². The molecule has 1 aliphatic heterocycles. The van der Waals surface area contributed by atoms with Crippen LogP contribution in [0.1, 0.15) is 0 Å². The van der Waals surface area contributed by atoms with Gasteiger partial charge in [0.2, 0.25) is 5.91 Å². The zero-order valence-corrected chi connectivity index (χ0v) is 13.3. The number of hydrogen-bond acceptors (Lipinski definition) is 9. The van der Waals surface area contributed by atoms with E-state index in [1.54, 1.807) is 0 Å². The maximum atomic E-state index is 11.5. The average Bonchev–Trinajstić information content (AvgIpc) is 2.56. The van der Waals surface area contributed by atoms with Gasteiger partial charge in [0.1, 0.15) is 26.6 Å². The Bertz CT molecular complexity index is 411. The van der Waals surface area contributed by atoms with Crippen LogP contribution in [0.3, 0.4) is 0 Å². The summed E-state index contributed by atoms with van der Waals surface area (Å²) in [6, 6.07) is 0. The first kappa shape index (κ1) is 19.3. The lowest BCUT2D eigenvalue weighted by atomic mass is 10.5. The standard InChI is InChI=1S/C13H19NO8S/c1-2-11(15)14-3-4-20-12(16)21-5-6-22-13(17)23-10-7-18-9-19-8-10/h2,10H,1,3-9H2,(H,14,15). The third-order valence-corrected chi connectivity index (χ3v) is 3.28. The largest absolute Gasteiger partial charge is 0.508 e. The molecule has 0 unspecified atom stereocenters. The molecule has 1 rings (SSSR count). The number of thioether (sulfide) groups is 1. The first-order valence-electron chi connectivity index (χ1n) is 6.80. The van der Waals surface area contributed by atoms with Gasteiger partial charge in [-0.15, -0.1) is 0 Å². The third-order valence-electron chi connectivity index (χ3n) is 2.37. The summed E-state index contributed by atoms with van der Waals surface area (Å²) in [6.45, 7) is 4.27. The Morgan fingerprint density at radius 1 is 1.13 bits per heavy atom. The third kappa shape index (κ3) is 9.76. The highest BCUT2D eigenvalue weighted by Crippen LogP contribution is 2.17. The molecule has 0 aromatic rings. The molecule has 1 saturated heterocycles. The molecular formula is C13H19NO8S. The second-order valence-corrected chi connectivity index (χ2v) is 5.38. The Balaban J connectivity index is 1.96. The van der Waals surface area contributed by atoms with E-state index in [-0.39, 0.29) is 44.3 Å². The zero-order valence-electron chi connectivity index (χ0n) is 12.5. The molecule has 9 nitrogen and oxygen atoms in total. The molecular weight excluding hydrogens is 330 g/mol. The van der Waals surface area contributed by atoms with Gasteiger partial charge in [0.05, 0.1) is 25.0 Å². The summed E-state index contributed by atoms with van der Waals surface area (Å²) in [5, 5.41) is 1.83. The lowest BCUT2D eigenvalue weighted by Gasteiger charge is -2.20. The smallest absolute Gasteiger partial charge is 0.454 e. The maximum Gasteiger partial charge on any atom is 0.508 e. The van der Waals surface area contributed by atoms with Gasteiger partial charge in [-0.2, -0.15) is 0 Å². The van der Waals surface area contributed by atoms with Crippen molar-refractivity contribution in [3.63, 3.8) is 0 Å². The molecule has 0 aromatic heterocycles. The fourth-order valence-corrected chi connectivity index (χ4v) is 2.13. The van der Waals surface area contributed by atoms with Crippen molar-refractivity contribution in [1.29, 1.82) is 0 Å². The first-order chi connectivity index (χ1) is 11.1. The van der Waals surface area contributed by atoms with Crippen molar-refractivity contribution >= 4 is 29.1 Å². The quantitative estimate of drug-likeness (QED) is 0.384. The molecule has 0 radical (unpaired) electrons. The first-order valence-corrected chi connectivity index (χ1v) is 7.68. The number of nitrogens with one attached hydrogen (secondary N) is 1. The van der Waals surface area contributed by atoms with Crippen molar-refractivity contribution in [3.8, 4) is 0 Å². The average molecular weight is 349 g/mol. The van der Waals surface area contributed by atoms with Crippen LogP contribution in [0.4, 0.5) is 9.59 Å². The summed E-state index contributed by atoms with van der Waals surface area (Å²) in [7, 11) is 0. The van der Waals surface area contributed by atoms with Crippen molar-refractivity contribution in [2.45, 2.75) is 5.25 Å². The molecule has 1 heterocycles. The Hall–Kier alpha value is -1.78. The van der Waals surface area contributed by atoms with Crippen LogP contribution < -0.4 is 5.32 Å². The molecule has 0 saturated carbocycles. The van der Waals surface area contributed by atoms with Crippen molar-refractivity contribution < 1.29 is 38.1 Å². The highest BCUT2D eigenvalue weighted by Gasteiger charge is 2.19. The zero-order chi connectivity index (χ0) is 16.9.